The van der Waals surface area contributed by atoms with Crippen LogP contribution in [0.3, 0.4) is 0 Å². The number of aromatic nitrogens is 1. The van der Waals surface area contributed by atoms with E-state index in [4.69, 9.17) is 9.72 Å². The van der Waals surface area contributed by atoms with Crippen molar-refractivity contribution in [3.63, 3.8) is 0 Å². The van der Waals surface area contributed by atoms with Gasteiger partial charge in [0.2, 0.25) is 0 Å². The molecule has 0 unspecified atom stereocenters. The molecule has 0 atom stereocenters. The van der Waals surface area contributed by atoms with Crippen LogP contribution in [0.5, 0.6) is 5.75 Å². The molecule has 1 aliphatic heterocycles. The molecule has 4 rings (SSSR count). The van der Waals surface area contributed by atoms with Gasteiger partial charge in [0, 0.05) is 36.8 Å². The SMILES string of the molecule is O=C(COc1ccccc1)N1CCC(c2cccc(Cc3cccc(F)c3)n2)CC1. The molecule has 0 radical (unpaired) electrons. The molecule has 1 amide bonds. The van der Waals surface area contributed by atoms with Gasteiger partial charge in [0.1, 0.15) is 11.6 Å². The number of rotatable bonds is 6. The highest BCUT2D eigenvalue weighted by Crippen LogP contribution is 2.27. The van der Waals surface area contributed by atoms with Gasteiger partial charge in [0.25, 0.3) is 5.91 Å². The summed E-state index contributed by atoms with van der Waals surface area (Å²) in [6.45, 7) is 1.48. The second-order valence-electron chi connectivity index (χ2n) is 7.62. The van der Waals surface area contributed by atoms with Gasteiger partial charge in [-0.15, -0.1) is 0 Å². The summed E-state index contributed by atoms with van der Waals surface area (Å²) in [5, 5.41) is 0. The van der Waals surface area contributed by atoms with Crippen molar-refractivity contribution in [1.29, 1.82) is 0 Å². The number of hydrogen-bond donors (Lipinski definition) is 0. The predicted molar refractivity (Wildman–Crippen MR) is 114 cm³/mol. The van der Waals surface area contributed by atoms with Gasteiger partial charge in [-0.3, -0.25) is 9.78 Å². The first kappa shape index (κ1) is 20.1. The van der Waals surface area contributed by atoms with E-state index in [0.29, 0.717) is 31.2 Å². The Balaban J connectivity index is 1.31. The molecule has 0 aliphatic carbocycles. The van der Waals surface area contributed by atoms with Crippen LogP contribution in [0.4, 0.5) is 4.39 Å². The molecule has 0 N–H and O–H groups in total. The second kappa shape index (κ2) is 9.53. The van der Waals surface area contributed by atoms with E-state index in [1.54, 1.807) is 12.1 Å². The summed E-state index contributed by atoms with van der Waals surface area (Å²) in [5.41, 5.74) is 2.91. The molecule has 4 nitrogen and oxygen atoms in total. The highest BCUT2D eigenvalue weighted by Gasteiger charge is 2.25. The first-order chi connectivity index (χ1) is 14.7. The van der Waals surface area contributed by atoms with E-state index in [0.717, 1.165) is 29.8 Å². The fourth-order valence-electron chi connectivity index (χ4n) is 3.86. The average Bonchev–Trinajstić information content (AvgIpc) is 2.78. The van der Waals surface area contributed by atoms with E-state index in [-0.39, 0.29) is 18.3 Å². The second-order valence-corrected chi connectivity index (χ2v) is 7.62. The molecule has 3 aromatic rings. The van der Waals surface area contributed by atoms with Gasteiger partial charge < -0.3 is 9.64 Å². The third-order valence-corrected chi connectivity index (χ3v) is 5.47. The maximum Gasteiger partial charge on any atom is 0.260 e. The number of halogens is 1. The standard InChI is InChI=1S/C25H25FN2O2/c26-21-7-4-6-19(16-21)17-22-8-5-11-24(27-22)20-12-14-28(15-13-20)25(29)18-30-23-9-2-1-3-10-23/h1-11,16,20H,12-15,17-18H2. The number of piperidine rings is 1. The van der Waals surface area contributed by atoms with Crippen LogP contribution in [0.2, 0.25) is 0 Å². The van der Waals surface area contributed by atoms with Crippen LogP contribution in [0.25, 0.3) is 0 Å². The van der Waals surface area contributed by atoms with Crippen LogP contribution in [0.15, 0.2) is 72.8 Å². The van der Waals surface area contributed by atoms with Crippen LogP contribution >= 0.6 is 0 Å². The summed E-state index contributed by atoms with van der Waals surface area (Å²) in [5.74, 6) is 0.832. The van der Waals surface area contributed by atoms with Gasteiger partial charge in [0.05, 0.1) is 0 Å². The Morgan fingerprint density at radius 3 is 2.53 bits per heavy atom. The third kappa shape index (κ3) is 5.23. The normalized spacial score (nSPS) is 14.5. The van der Waals surface area contributed by atoms with Crippen molar-refractivity contribution in [3.8, 4) is 5.75 Å². The molecule has 0 bridgehead atoms. The van der Waals surface area contributed by atoms with E-state index >= 15 is 0 Å². The molecule has 1 aromatic heterocycles. The quantitative estimate of drug-likeness (QED) is 0.603. The van der Waals surface area contributed by atoms with Crippen molar-refractivity contribution in [2.75, 3.05) is 19.7 Å². The van der Waals surface area contributed by atoms with Crippen LogP contribution in [-0.4, -0.2) is 35.5 Å². The average molecular weight is 404 g/mol. The lowest BCUT2D eigenvalue weighted by Crippen LogP contribution is -2.40. The number of pyridine rings is 1. The summed E-state index contributed by atoms with van der Waals surface area (Å²) >= 11 is 0. The first-order valence-corrected chi connectivity index (χ1v) is 10.3. The zero-order valence-electron chi connectivity index (χ0n) is 16.8. The number of benzene rings is 2. The molecule has 0 spiro atoms. The monoisotopic (exact) mass is 404 g/mol. The molecule has 1 saturated heterocycles. The van der Waals surface area contributed by atoms with Crippen molar-refractivity contribution >= 4 is 5.91 Å². The van der Waals surface area contributed by atoms with E-state index in [1.807, 2.05) is 53.4 Å². The molecule has 1 fully saturated rings. The number of amides is 1. The van der Waals surface area contributed by atoms with Crippen LogP contribution in [0, 0.1) is 5.82 Å². The van der Waals surface area contributed by atoms with Gasteiger partial charge in [-0.05, 0) is 54.8 Å². The topological polar surface area (TPSA) is 42.4 Å². The lowest BCUT2D eigenvalue weighted by Gasteiger charge is -2.31. The van der Waals surface area contributed by atoms with Crippen molar-refractivity contribution in [1.82, 2.24) is 9.88 Å². The molecule has 154 valence electrons. The molecule has 2 aromatic carbocycles. The number of hydrogen-bond acceptors (Lipinski definition) is 3. The number of nitrogens with zero attached hydrogens (tertiary/aromatic N) is 2. The fraction of sp³-hybridized carbons (Fsp3) is 0.280. The Kier molecular flexibility index (Phi) is 6.38. The molecule has 1 aliphatic rings. The summed E-state index contributed by atoms with van der Waals surface area (Å²) in [6, 6.07) is 22.1. The van der Waals surface area contributed by atoms with Crippen molar-refractivity contribution < 1.29 is 13.9 Å². The zero-order valence-corrected chi connectivity index (χ0v) is 16.8. The summed E-state index contributed by atoms with van der Waals surface area (Å²) in [7, 11) is 0. The van der Waals surface area contributed by atoms with Crippen LogP contribution in [0.1, 0.15) is 35.7 Å². The minimum atomic E-state index is -0.225. The Morgan fingerprint density at radius 2 is 1.77 bits per heavy atom. The smallest absolute Gasteiger partial charge is 0.260 e. The Morgan fingerprint density at radius 1 is 1.00 bits per heavy atom. The Hall–Kier alpha value is -3.21. The van der Waals surface area contributed by atoms with Crippen molar-refractivity contribution in [3.05, 3.63) is 95.6 Å². The first-order valence-electron chi connectivity index (χ1n) is 10.3. The third-order valence-electron chi connectivity index (χ3n) is 5.47. The van der Waals surface area contributed by atoms with E-state index in [1.165, 1.54) is 6.07 Å². The largest absolute Gasteiger partial charge is 0.484 e. The molecule has 5 heteroatoms. The van der Waals surface area contributed by atoms with Gasteiger partial charge in [0.15, 0.2) is 6.61 Å². The minimum absolute atomic E-state index is 0.0186. The maximum absolute atomic E-state index is 13.4. The van der Waals surface area contributed by atoms with Gasteiger partial charge >= 0.3 is 0 Å². The van der Waals surface area contributed by atoms with Gasteiger partial charge in [-0.1, -0.05) is 36.4 Å². The maximum atomic E-state index is 13.4. The van der Waals surface area contributed by atoms with Gasteiger partial charge in [-0.2, -0.15) is 0 Å². The number of likely N-dealkylation sites (tertiary alicyclic amines) is 1. The molecular formula is C25H25FN2O2. The lowest BCUT2D eigenvalue weighted by molar-refractivity contribution is -0.134. The number of ether oxygens (including phenoxy) is 1. The van der Waals surface area contributed by atoms with E-state index in [9.17, 15) is 9.18 Å². The Bertz CT molecular complexity index is 985. The fourth-order valence-corrected chi connectivity index (χ4v) is 3.86. The molecular weight excluding hydrogens is 379 g/mol. The number of carbonyl (C=O) groups is 1. The summed E-state index contributed by atoms with van der Waals surface area (Å²) in [4.78, 5) is 19.1. The highest BCUT2D eigenvalue weighted by atomic mass is 19.1. The molecule has 2 heterocycles. The predicted octanol–water partition coefficient (Wildman–Crippen LogP) is 4.60. The van der Waals surface area contributed by atoms with Crippen LogP contribution < -0.4 is 4.74 Å². The zero-order chi connectivity index (χ0) is 20.8. The molecule has 30 heavy (non-hydrogen) atoms. The van der Waals surface area contributed by atoms with Crippen molar-refractivity contribution in [2.45, 2.75) is 25.2 Å². The minimum Gasteiger partial charge on any atom is -0.484 e. The Labute approximate surface area is 176 Å². The lowest BCUT2D eigenvalue weighted by atomic mass is 9.92. The summed E-state index contributed by atoms with van der Waals surface area (Å²) < 4.78 is 19.0. The van der Waals surface area contributed by atoms with E-state index < -0.39 is 0 Å². The molecule has 0 saturated carbocycles. The van der Waals surface area contributed by atoms with Crippen molar-refractivity contribution in [2.24, 2.45) is 0 Å². The van der Waals surface area contributed by atoms with Crippen LogP contribution in [-0.2, 0) is 11.2 Å². The van der Waals surface area contributed by atoms with Gasteiger partial charge in [-0.25, -0.2) is 4.39 Å². The number of carbonyl (C=O) groups excluding carboxylic acids is 1. The number of para-hydroxylation sites is 1. The van der Waals surface area contributed by atoms with E-state index in [2.05, 4.69) is 6.07 Å². The highest BCUT2D eigenvalue weighted by molar-refractivity contribution is 5.77. The summed E-state index contributed by atoms with van der Waals surface area (Å²) in [6.07, 6.45) is 2.38.